The Morgan fingerprint density at radius 2 is 2.30 bits per heavy atom. The summed E-state index contributed by atoms with van der Waals surface area (Å²) in [6, 6.07) is 3.42. The van der Waals surface area contributed by atoms with Crippen molar-refractivity contribution in [3.8, 4) is 11.8 Å². The molecule has 2 aromatic rings. The van der Waals surface area contributed by atoms with Gasteiger partial charge in [-0.3, -0.25) is 9.89 Å². The third-order valence-electron chi connectivity index (χ3n) is 2.64. The van der Waals surface area contributed by atoms with E-state index in [0.717, 1.165) is 11.1 Å². The number of nitrogens with zero attached hydrogens (tertiary/aromatic N) is 3. The molecule has 0 saturated carbocycles. The summed E-state index contributed by atoms with van der Waals surface area (Å²) in [4.78, 5) is 17.9. The van der Waals surface area contributed by atoms with E-state index >= 15 is 0 Å². The normalized spacial score (nSPS) is 9.70. The number of aromatic nitrogens is 3. The van der Waals surface area contributed by atoms with Crippen LogP contribution in [0, 0.1) is 11.8 Å². The number of nitrogens with two attached hydrogens (primary N) is 1. The molecule has 2 aromatic heterocycles. The first-order valence-electron chi connectivity index (χ1n) is 6.09. The lowest BCUT2D eigenvalue weighted by molar-refractivity contribution is 0.0779. The minimum Gasteiger partial charge on any atom is -0.336 e. The lowest BCUT2D eigenvalue weighted by atomic mass is 10.2. The maximum Gasteiger partial charge on any atom is 0.272 e. The fourth-order valence-electron chi connectivity index (χ4n) is 1.65. The van der Waals surface area contributed by atoms with E-state index in [2.05, 4.69) is 27.0 Å². The number of carbonyl (C=O) groups is 1. The van der Waals surface area contributed by atoms with Crippen LogP contribution >= 0.6 is 0 Å². The Labute approximate surface area is 117 Å². The summed E-state index contributed by atoms with van der Waals surface area (Å²) in [6.45, 7) is 0.778. The number of carbonyl (C=O) groups excluding carboxylic acids is 1. The fourth-order valence-corrected chi connectivity index (χ4v) is 1.65. The van der Waals surface area contributed by atoms with Gasteiger partial charge in [0.15, 0.2) is 0 Å². The first kappa shape index (κ1) is 13.8. The van der Waals surface area contributed by atoms with Crippen LogP contribution in [0.25, 0.3) is 0 Å². The summed E-state index contributed by atoms with van der Waals surface area (Å²) in [5.41, 5.74) is 7.36. The van der Waals surface area contributed by atoms with Crippen LogP contribution in [0.15, 0.2) is 30.7 Å². The molecule has 0 aliphatic carbocycles. The van der Waals surface area contributed by atoms with Crippen LogP contribution in [0.5, 0.6) is 0 Å². The van der Waals surface area contributed by atoms with Gasteiger partial charge in [0, 0.05) is 37.1 Å². The second kappa shape index (κ2) is 6.50. The molecule has 6 nitrogen and oxygen atoms in total. The number of H-pyrrole nitrogens is 1. The number of pyridine rings is 1. The Hall–Kier alpha value is -2.65. The summed E-state index contributed by atoms with van der Waals surface area (Å²) in [5.74, 6) is 5.45. The molecule has 0 aliphatic rings. The number of aromatic amines is 1. The van der Waals surface area contributed by atoms with Gasteiger partial charge in [-0.25, -0.2) is 4.98 Å². The van der Waals surface area contributed by atoms with E-state index < -0.39 is 0 Å². The Morgan fingerprint density at radius 3 is 2.90 bits per heavy atom. The summed E-state index contributed by atoms with van der Waals surface area (Å²) in [6.07, 6.45) is 5.01. The second-order valence-electron chi connectivity index (χ2n) is 4.21. The van der Waals surface area contributed by atoms with Crippen molar-refractivity contribution in [2.75, 3.05) is 13.6 Å². The largest absolute Gasteiger partial charge is 0.336 e. The van der Waals surface area contributed by atoms with E-state index in [4.69, 9.17) is 5.73 Å². The van der Waals surface area contributed by atoms with Gasteiger partial charge in [0.25, 0.3) is 5.91 Å². The average Bonchev–Trinajstić information content (AvgIpc) is 2.97. The van der Waals surface area contributed by atoms with Crippen LogP contribution in [0.2, 0.25) is 0 Å². The van der Waals surface area contributed by atoms with Crippen LogP contribution in [-0.4, -0.2) is 39.6 Å². The van der Waals surface area contributed by atoms with Crippen LogP contribution in [0.4, 0.5) is 0 Å². The lowest BCUT2D eigenvalue weighted by Crippen LogP contribution is -2.26. The number of hydrogen-bond donors (Lipinski definition) is 2. The summed E-state index contributed by atoms with van der Waals surface area (Å²) >= 11 is 0. The van der Waals surface area contributed by atoms with Crippen molar-refractivity contribution in [2.45, 2.75) is 6.54 Å². The highest BCUT2D eigenvalue weighted by Crippen LogP contribution is 2.06. The predicted octanol–water partition coefficient (Wildman–Crippen LogP) is 0.387. The zero-order valence-electron chi connectivity index (χ0n) is 11.1. The highest BCUT2D eigenvalue weighted by Gasteiger charge is 2.13. The predicted molar refractivity (Wildman–Crippen MR) is 74.6 cm³/mol. The van der Waals surface area contributed by atoms with Crippen molar-refractivity contribution in [1.29, 1.82) is 0 Å². The fraction of sp³-hybridized carbons (Fsp3) is 0.214. The maximum atomic E-state index is 12.2. The molecule has 20 heavy (non-hydrogen) atoms. The van der Waals surface area contributed by atoms with E-state index in [0.29, 0.717) is 18.8 Å². The molecule has 102 valence electrons. The van der Waals surface area contributed by atoms with E-state index in [1.807, 2.05) is 0 Å². The Kier molecular flexibility index (Phi) is 4.47. The lowest BCUT2D eigenvalue weighted by Gasteiger charge is -2.15. The summed E-state index contributed by atoms with van der Waals surface area (Å²) < 4.78 is 0. The molecule has 6 heteroatoms. The summed E-state index contributed by atoms with van der Waals surface area (Å²) in [5, 5.41) is 6.56. The number of hydrogen-bond acceptors (Lipinski definition) is 4. The highest BCUT2D eigenvalue weighted by molar-refractivity contribution is 5.92. The topological polar surface area (TPSA) is 87.9 Å². The monoisotopic (exact) mass is 269 g/mol. The van der Waals surface area contributed by atoms with Gasteiger partial charge in [-0.2, -0.15) is 5.10 Å². The molecule has 0 bridgehead atoms. The first-order chi connectivity index (χ1) is 9.70. The molecule has 0 spiro atoms. The minimum atomic E-state index is -0.149. The SMILES string of the molecule is CN(Cc1cn[nH]c1)C(=O)c1ccc(C#CCN)cn1. The maximum absolute atomic E-state index is 12.2. The molecule has 0 saturated heterocycles. The second-order valence-corrected chi connectivity index (χ2v) is 4.21. The van der Waals surface area contributed by atoms with E-state index in [-0.39, 0.29) is 5.91 Å². The van der Waals surface area contributed by atoms with Gasteiger partial charge in [-0.15, -0.1) is 0 Å². The molecule has 3 N–H and O–H groups in total. The highest BCUT2D eigenvalue weighted by atomic mass is 16.2. The molecule has 0 radical (unpaired) electrons. The van der Waals surface area contributed by atoms with E-state index in [1.165, 1.54) is 0 Å². The first-order valence-corrected chi connectivity index (χ1v) is 6.09. The van der Waals surface area contributed by atoms with Gasteiger partial charge in [-0.05, 0) is 12.1 Å². The molecule has 2 rings (SSSR count). The summed E-state index contributed by atoms with van der Waals surface area (Å²) in [7, 11) is 1.72. The van der Waals surface area contributed by atoms with Crippen LogP contribution in [-0.2, 0) is 6.54 Å². The van der Waals surface area contributed by atoms with Crippen LogP contribution < -0.4 is 5.73 Å². The van der Waals surface area contributed by atoms with Crippen molar-refractivity contribution in [3.05, 3.63) is 47.5 Å². The van der Waals surface area contributed by atoms with Crippen molar-refractivity contribution >= 4 is 5.91 Å². The molecule has 0 unspecified atom stereocenters. The zero-order chi connectivity index (χ0) is 14.4. The molecule has 0 atom stereocenters. The van der Waals surface area contributed by atoms with Gasteiger partial charge in [0.1, 0.15) is 5.69 Å². The molecular formula is C14H15N5O. The molecule has 1 amide bonds. The quantitative estimate of drug-likeness (QED) is 0.789. The van der Waals surface area contributed by atoms with E-state index in [9.17, 15) is 4.79 Å². The smallest absolute Gasteiger partial charge is 0.272 e. The molecule has 0 aromatic carbocycles. The Bertz CT molecular complexity index is 622. The van der Waals surface area contributed by atoms with Gasteiger partial charge in [-0.1, -0.05) is 11.8 Å². The van der Waals surface area contributed by atoms with Gasteiger partial charge < -0.3 is 10.6 Å². The van der Waals surface area contributed by atoms with Crippen LogP contribution in [0.1, 0.15) is 21.6 Å². The van der Waals surface area contributed by atoms with Crippen molar-refractivity contribution in [3.63, 3.8) is 0 Å². The standard InChI is InChI=1S/C14H15N5O/c1-19(10-12-8-17-18-9-12)14(20)13-5-4-11(7-16-13)3-2-6-15/h4-5,7-9H,6,10,15H2,1H3,(H,17,18). The van der Waals surface area contributed by atoms with Crippen molar-refractivity contribution in [2.24, 2.45) is 5.73 Å². The zero-order valence-corrected chi connectivity index (χ0v) is 11.1. The number of rotatable bonds is 3. The van der Waals surface area contributed by atoms with Crippen molar-refractivity contribution in [1.82, 2.24) is 20.1 Å². The van der Waals surface area contributed by atoms with Crippen molar-refractivity contribution < 1.29 is 4.79 Å². The van der Waals surface area contributed by atoms with Gasteiger partial charge in [0.2, 0.25) is 0 Å². The Morgan fingerprint density at radius 1 is 1.45 bits per heavy atom. The molecular weight excluding hydrogens is 254 g/mol. The van der Waals surface area contributed by atoms with E-state index in [1.54, 1.807) is 42.7 Å². The third kappa shape index (κ3) is 3.43. The Balaban J connectivity index is 2.05. The molecule has 2 heterocycles. The molecule has 0 fully saturated rings. The average molecular weight is 269 g/mol. The van der Waals surface area contributed by atoms with Gasteiger partial charge in [0.05, 0.1) is 12.7 Å². The molecule has 0 aliphatic heterocycles. The minimum absolute atomic E-state index is 0.149. The van der Waals surface area contributed by atoms with Crippen LogP contribution in [0.3, 0.4) is 0 Å². The number of amides is 1. The van der Waals surface area contributed by atoms with Gasteiger partial charge >= 0.3 is 0 Å². The number of nitrogens with one attached hydrogen (secondary N) is 1. The third-order valence-corrected chi connectivity index (χ3v) is 2.64.